The number of aryl methyl sites for hydroxylation is 1. The highest BCUT2D eigenvalue weighted by molar-refractivity contribution is 7.09. The smallest absolute Gasteiger partial charge is 0.315 e. The first-order chi connectivity index (χ1) is 9.54. The first-order valence-electron chi connectivity index (χ1n) is 6.41. The molecule has 7 heteroatoms. The average molecular weight is 295 g/mol. The number of rotatable bonds is 5. The first kappa shape index (κ1) is 14.5. The van der Waals surface area contributed by atoms with Crippen LogP contribution in [0.5, 0.6) is 0 Å². The molecule has 6 nitrogen and oxygen atoms in total. The number of nitrogens with one attached hydrogen (secondary N) is 2. The van der Waals surface area contributed by atoms with Gasteiger partial charge in [-0.1, -0.05) is 12.2 Å². The van der Waals surface area contributed by atoms with Crippen LogP contribution in [0.2, 0.25) is 0 Å². The summed E-state index contributed by atoms with van der Waals surface area (Å²) in [4.78, 5) is 26.7. The van der Waals surface area contributed by atoms with Crippen molar-refractivity contribution in [1.29, 1.82) is 0 Å². The number of carboxylic acids is 1. The summed E-state index contributed by atoms with van der Waals surface area (Å²) in [7, 11) is 0. The van der Waals surface area contributed by atoms with E-state index in [2.05, 4.69) is 15.6 Å². The molecule has 0 radical (unpaired) electrons. The van der Waals surface area contributed by atoms with Crippen molar-refractivity contribution in [2.75, 3.05) is 6.54 Å². The number of urea groups is 1. The maximum atomic E-state index is 11.7. The zero-order valence-electron chi connectivity index (χ0n) is 11.1. The zero-order chi connectivity index (χ0) is 14.5. The molecule has 0 bridgehead atoms. The van der Waals surface area contributed by atoms with Gasteiger partial charge in [0.25, 0.3) is 0 Å². The van der Waals surface area contributed by atoms with Gasteiger partial charge in [-0.05, 0) is 13.3 Å². The topological polar surface area (TPSA) is 91.3 Å². The highest BCUT2D eigenvalue weighted by Crippen LogP contribution is 2.17. The molecule has 2 amide bonds. The molecule has 0 saturated heterocycles. The van der Waals surface area contributed by atoms with Crippen LogP contribution < -0.4 is 10.6 Å². The maximum Gasteiger partial charge on any atom is 0.315 e. The van der Waals surface area contributed by atoms with Crippen LogP contribution in [0.15, 0.2) is 17.5 Å². The standard InChI is InChI=1S/C13H17N3O3S/c1-8-7-20-11(15-8)4-5-14-13(19)16-10-3-2-9(6-10)12(17)18/h2-3,7,9-10H,4-6H2,1H3,(H,17,18)(H2,14,16,19). The van der Waals surface area contributed by atoms with E-state index in [4.69, 9.17) is 5.11 Å². The van der Waals surface area contributed by atoms with Gasteiger partial charge in [-0.3, -0.25) is 4.79 Å². The van der Waals surface area contributed by atoms with E-state index in [0.717, 1.165) is 10.7 Å². The van der Waals surface area contributed by atoms with E-state index in [1.807, 2.05) is 12.3 Å². The minimum atomic E-state index is -0.856. The molecule has 20 heavy (non-hydrogen) atoms. The Balaban J connectivity index is 1.66. The Hall–Kier alpha value is -1.89. The number of carbonyl (C=O) groups is 2. The molecule has 1 aromatic rings. The molecule has 1 heterocycles. The largest absolute Gasteiger partial charge is 0.481 e. The molecule has 1 aromatic heterocycles. The van der Waals surface area contributed by atoms with Crippen LogP contribution in [0, 0.1) is 12.8 Å². The van der Waals surface area contributed by atoms with Gasteiger partial charge in [0, 0.05) is 24.0 Å². The van der Waals surface area contributed by atoms with E-state index in [1.54, 1.807) is 23.5 Å². The summed E-state index contributed by atoms with van der Waals surface area (Å²) >= 11 is 1.58. The lowest BCUT2D eigenvalue weighted by Gasteiger charge is -2.12. The van der Waals surface area contributed by atoms with Crippen molar-refractivity contribution in [2.24, 2.45) is 5.92 Å². The highest BCUT2D eigenvalue weighted by atomic mass is 32.1. The van der Waals surface area contributed by atoms with E-state index < -0.39 is 11.9 Å². The van der Waals surface area contributed by atoms with Crippen LogP contribution in [0.4, 0.5) is 4.79 Å². The van der Waals surface area contributed by atoms with Gasteiger partial charge in [-0.25, -0.2) is 9.78 Å². The van der Waals surface area contributed by atoms with Crippen LogP contribution in [-0.2, 0) is 11.2 Å². The molecule has 0 aromatic carbocycles. The molecule has 2 rings (SSSR count). The number of carbonyl (C=O) groups excluding carboxylic acids is 1. The predicted octanol–water partition coefficient (Wildman–Crippen LogP) is 1.32. The quantitative estimate of drug-likeness (QED) is 0.715. The summed E-state index contributed by atoms with van der Waals surface area (Å²) in [6, 6.07) is -0.489. The summed E-state index contributed by atoms with van der Waals surface area (Å²) in [5, 5.41) is 17.3. The molecule has 2 atom stereocenters. The van der Waals surface area contributed by atoms with Crippen molar-refractivity contribution >= 4 is 23.3 Å². The van der Waals surface area contributed by atoms with Gasteiger partial charge in [-0.2, -0.15) is 0 Å². The van der Waals surface area contributed by atoms with Crippen LogP contribution in [0.1, 0.15) is 17.1 Å². The third-order valence-corrected chi connectivity index (χ3v) is 4.03. The zero-order valence-corrected chi connectivity index (χ0v) is 11.9. The fourth-order valence-corrected chi connectivity index (χ4v) is 2.78. The van der Waals surface area contributed by atoms with Crippen LogP contribution in [0.25, 0.3) is 0 Å². The van der Waals surface area contributed by atoms with E-state index >= 15 is 0 Å². The number of thiazole rings is 1. The van der Waals surface area contributed by atoms with Gasteiger partial charge >= 0.3 is 12.0 Å². The molecule has 0 aliphatic heterocycles. The molecule has 3 N–H and O–H groups in total. The number of amides is 2. The minimum absolute atomic E-state index is 0.210. The number of hydrogen-bond acceptors (Lipinski definition) is 4. The van der Waals surface area contributed by atoms with Gasteiger partial charge in [0.2, 0.25) is 0 Å². The van der Waals surface area contributed by atoms with Crippen molar-refractivity contribution < 1.29 is 14.7 Å². The third kappa shape index (κ3) is 4.06. The summed E-state index contributed by atoms with van der Waals surface area (Å²) in [5.74, 6) is -1.36. The Morgan fingerprint density at radius 3 is 2.90 bits per heavy atom. The van der Waals surface area contributed by atoms with Crippen LogP contribution in [-0.4, -0.2) is 34.7 Å². The van der Waals surface area contributed by atoms with E-state index in [1.165, 1.54) is 0 Å². The Bertz CT molecular complexity index is 527. The van der Waals surface area contributed by atoms with E-state index in [-0.39, 0.29) is 12.1 Å². The van der Waals surface area contributed by atoms with Gasteiger partial charge in [0.15, 0.2) is 0 Å². The van der Waals surface area contributed by atoms with Crippen LogP contribution >= 0.6 is 11.3 Å². The number of aliphatic carboxylic acids is 1. The summed E-state index contributed by atoms with van der Waals surface area (Å²) in [6.07, 6.45) is 4.45. The number of nitrogens with zero attached hydrogens (tertiary/aromatic N) is 1. The predicted molar refractivity (Wildman–Crippen MR) is 75.8 cm³/mol. The first-order valence-corrected chi connectivity index (χ1v) is 7.29. The van der Waals surface area contributed by atoms with Gasteiger partial charge in [-0.15, -0.1) is 11.3 Å². The number of carboxylic acid groups (broad SMARTS) is 1. The molecular formula is C13H17N3O3S. The summed E-state index contributed by atoms with van der Waals surface area (Å²) in [5.41, 5.74) is 0.991. The minimum Gasteiger partial charge on any atom is -0.481 e. The lowest BCUT2D eigenvalue weighted by Crippen LogP contribution is -2.41. The van der Waals surface area contributed by atoms with E-state index in [9.17, 15) is 9.59 Å². The van der Waals surface area contributed by atoms with Crippen molar-refractivity contribution in [3.05, 3.63) is 28.2 Å². The Kier molecular flexibility index (Phi) is 4.73. The number of hydrogen-bond donors (Lipinski definition) is 3. The van der Waals surface area contributed by atoms with Crippen molar-refractivity contribution in [3.63, 3.8) is 0 Å². The Morgan fingerprint density at radius 1 is 1.50 bits per heavy atom. The van der Waals surface area contributed by atoms with Gasteiger partial charge < -0.3 is 15.7 Å². The average Bonchev–Trinajstić information content (AvgIpc) is 2.99. The molecule has 0 fully saturated rings. The normalized spacial score (nSPS) is 20.9. The fraction of sp³-hybridized carbons (Fsp3) is 0.462. The van der Waals surface area contributed by atoms with Crippen molar-refractivity contribution in [3.8, 4) is 0 Å². The van der Waals surface area contributed by atoms with E-state index in [0.29, 0.717) is 19.4 Å². The van der Waals surface area contributed by atoms with Gasteiger partial charge in [0.1, 0.15) is 0 Å². The Morgan fingerprint density at radius 2 is 2.30 bits per heavy atom. The number of aromatic nitrogens is 1. The fourth-order valence-electron chi connectivity index (χ4n) is 2.01. The third-order valence-electron chi connectivity index (χ3n) is 3.01. The summed E-state index contributed by atoms with van der Waals surface area (Å²) < 4.78 is 0. The monoisotopic (exact) mass is 295 g/mol. The molecule has 2 unspecified atom stereocenters. The molecule has 1 aliphatic carbocycles. The molecule has 0 saturated carbocycles. The summed E-state index contributed by atoms with van der Waals surface area (Å²) in [6.45, 7) is 2.45. The van der Waals surface area contributed by atoms with Crippen LogP contribution in [0.3, 0.4) is 0 Å². The molecule has 0 spiro atoms. The van der Waals surface area contributed by atoms with Crippen molar-refractivity contribution in [1.82, 2.24) is 15.6 Å². The van der Waals surface area contributed by atoms with Gasteiger partial charge in [0.05, 0.1) is 17.0 Å². The maximum absolute atomic E-state index is 11.7. The Labute approximate surface area is 120 Å². The lowest BCUT2D eigenvalue weighted by atomic mass is 10.1. The second-order valence-electron chi connectivity index (χ2n) is 4.70. The second kappa shape index (κ2) is 6.51. The molecular weight excluding hydrogens is 278 g/mol. The SMILES string of the molecule is Cc1csc(CCNC(=O)NC2C=CC(C(=O)O)C2)n1. The lowest BCUT2D eigenvalue weighted by molar-refractivity contribution is -0.140. The second-order valence-corrected chi connectivity index (χ2v) is 5.65. The molecule has 1 aliphatic rings. The molecule has 108 valence electrons. The van der Waals surface area contributed by atoms with Crippen molar-refractivity contribution in [2.45, 2.75) is 25.8 Å². The highest BCUT2D eigenvalue weighted by Gasteiger charge is 2.25.